The lowest BCUT2D eigenvalue weighted by atomic mass is 10.1. The number of carbonyl (C=O) groups is 4. The van der Waals surface area contributed by atoms with Gasteiger partial charge in [0.2, 0.25) is 5.91 Å². The minimum absolute atomic E-state index is 0.0110. The lowest BCUT2D eigenvalue weighted by Gasteiger charge is -2.14. The Labute approximate surface area is 184 Å². The van der Waals surface area contributed by atoms with Gasteiger partial charge >= 0.3 is 0 Å². The van der Waals surface area contributed by atoms with Crippen LogP contribution in [0.4, 0.5) is 0 Å². The summed E-state index contributed by atoms with van der Waals surface area (Å²) in [6.07, 6.45) is 0.469. The van der Waals surface area contributed by atoms with Crippen molar-refractivity contribution in [2.75, 3.05) is 11.5 Å². The normalized spacial score (nSPS) is 19.0. The number of hydrogen-bond donors (Lipinski definition) is 2. The maximum Gasteiger partial charge on any atom is 0.269 e. The van der Waals surface area contributed by atoms with Crippen molar-refractivity contribution in [1.29, 1.82) is 0 Å². The number of carbonyl (C=O) groups excluding carboxylic acids is 4. The molecular weight excluding hydrogens is 434 g/mol. The van der Waals surface area contributed by atoms with E-state index in [4.69, 9.17) is 0 Å². The highest BCUT2D eigenvalue weighted by Crippen LogP contribution is 2.24. The Hall–Kier alpha value is -3.53. The minimum Gasteiger partial charge on any atom is -0.273 e. The van der Waals surface area contributed by atoms with Crippen LogP contribution in [-0.4, -0.2) is 48.5 Å². The van der Waals surface area contributed by atoms with Gasteiger partial charge in [-0.3, -0.25) is 34.9 Å². The van der Waals surface area contributed by atoms with Gasteiger partial charge in [0.25, 0.3) is 17.7 Å². The van der Waals surface area contributed by atoms with Crippen molar-refractivity contribution in [2.24, 2.45) is 5.92 Å². The highest BCUT2D eigenvalue weighted by atomic mass is 32.2. The first-order chi connectivity index (χ1) is 15.2. The molecule has 2 aliphatic rings. The van der Waals surface area contributed by atoms with Gasteiger partial charge in [-0.15, -0.1) is 0 Å². The Balaban J connectivity index is 1.30. The Morgan fingerprint density at radius 2 is 1.56 bits per heavy atom. The van der Waals surface area contributed by atoms with Crippen LogP contribution < -0.4 is 10.9 Å². The fourth-order valence-corrected chi connectivity index (χ4v) is 5.73. The highest BCUT2D eigenvalue weighted by molar-refractivity contribution is 7.91. The third-order valence-electron chi connectivity index (χ3n) is 5.55. The Bertz CT molecular complexity index is 1170. The number of hydrogen-bond acceptors (Lipinski definition) is 6. The lowest BCUT2D eigenvalue weighted by Crippen LogP contribution is -2.42. The summed E-state index contributed by atoms with van der Waals surface area (Å²) in [4.78, 5) is 50.3. The molecule has 0 spiro atoms. The number of sulfone groups is 1. The molecule has 0 aromatic heterocycles. The fraction of sp³-hybridized carbons (Fsp3) is 0.273. The second-order valence-electron chi connectivity index (χ2n) is 7.91. The molecule has 10 heteroatoms. The number of imide groups is 1. The Morgan fingerprint density at radius 3 is 2.12 bits per heavy atom. The van der Waals surface area contributed by atoms with Crippen molar-refractivity contribution < 1.29 is 27.6 Å². The van der Waals surface area contributed by atoms with Crippen LogP contribution in [0, 0.1) is 5.92 Å². The number of amides is 4. The molecule has 1 saturated heterocycles. The zero-order valence-corrected chi connectivity index (χ0v) is 17.9. The molecule has 2 aromatic carbocycles. The summed E-state index contributed by atoms with van der Waals surface area (Å²) in [7, 11) is -3.06. The number of nitrogens with one attached hydrogen (secondary N) is 2. The molecule has 4 rings (SSSR count). The van der Waals surface area contributed by atoms with Crippen LogP contribution >= 0.6 is 0 Å². The summed E-state index contributed by atoms with van der Waals surface area (Å²) in [5, 5.41) is 0. The fourth-order valence-electron chi connectivity index (χ4n) is 3.87. The molecule has 2 aliphatic heterocycles. The van der Waals surface area contributed by atoms with Crippen LogP contribution in [0.2, 0.25) is 0 Å². The summed E-state index contributed by atoms with van der Waals surface area (Å²) in [6, 6.07) is 12.9. The van der Waals surface area contributed by atoms with Gasteiger partial charge in [-0.1, -0.05) is 24.3 Å². The SMILES string of the molecule is O=C(C[C@H]1CCS(=O)(=O)C1)NNC(=O)c1ccc(CN2C(=O)c3ccccc3C2=O)cc1. The lowest BCUT2D eigenvalue weighted by molar-refractivity contribution is -0.122. The quantitative estimate of drug-likeness (QED) is 0.512. The molecule has 0 unspecified atom stereocenters. The first-order valence-corrected chi connectivity index (χ1v) is 11.9. The molecule has 2 aromatic rings. The zero-order valence-electron chi connectivity index (χ0n) is 17.0. The second-order valence-corrected chi connectivity index (χ2v) is 10.1. The molecule has 1 fully saturated rings. The summed E-state index contributed by atoms with van der Waals surface area (Å²) >= 11 is 0. The van der Waals surface area contributed by atoms with E-state index < -0.39 is 21.7 Å². The smallest absolute Gasteiger partial charge is 0.269 e. The molecule has 9 nitrogen and oxygen atoms in total. The third-order valence-corrected chi connectivity index (χ3v) is 7.39. The molecule has 2 N–H and O–H groups in total. The van der Waals surface area contributed by atoms with E-state index in [-0.39, 0.29) is 47.8 Å². The molecule has 0 radical (unpaired) electrons. The number of benzene rings is 2. The monoisotopic (exact) mass is 455 g/mol. The minimum atomic E-state index is -3.06. The summed E-state index contributed by atoms with van der Waals surface area (Å²) < 4.78 is 22.9. The van der Waals surface area contributed by atoms with E-state index in [1.54, 1.807) is 36.4 Å². The molecule has 32 heavy (non-hydrogen) atoms. The third kappa shape index (κ3) is 4.54. The molecular formula is C22H21N3O6S. The summed E-state index contributed by atoms with van der Waals surface area (Å²) in [5.41, 5.74) is 6.30. The van der Waals surface area contributed by atoms with E-state index in [0.29, 0.717) is 23.1 Å². The maximum absolute atomic E-state index is 12.5. The predicted octanol–water partition coefficient (Wildman–Crippen LogP) is 1.07. The average molecular weight is 455 g/mol. The first-order valence-electron chi connectivity index (χ1n) is 10.1. The van der Waals surface area contributed by atoms with Gasteiger partial charge in [-0.25, -0.2) is 8.42 Å². The van der Waals surface area contributed by atoms with Gasteiger partial charge in [-0.2, -0.15) is 0 Å². The van der Waals surface area contributed by atoms with Crippen molar-refractivity contribution >= 4 is 33.5 Å². The Morgan fingerprint density at radius 1 is 0.938 bits per heavy atom. The van der Waals surface area contributed by atoms with E-state index in [1.807, 2.05) is 0 Å². The molecule has 0 bridgehead atoms. The zero-order chi connectivity index (χ0) is 22.9. The van der Waals surface area contributed by atoms with E-state index in [2.05, 4.69) is 10.9 Å². The average Bonchev–Trinajstić information content (AvgIpc) is 3.24. The molecule has 0 aliphatic carbocycles. The van der Waals surface area contributed by atoms with Crippen molar-refractivity contribution in [2.45, 2.75) is 19.4 Å². The van der Waals surface area contributed by atoms with Gasteiger partial charge in [0.05, 0.1) is 29.2 Å². The Kier molecular flexibility index (Phi) is 5.79. The van der Waals surface area contributed by atoms with Gasteiger partial charge in [0, 0.05) is 12.0 Å². The van der Waals surface area contributed by atoms with Crippen molar-refractivity contribution in [3.05, 3.63) is 70.8 Å². The molecule has 2 heterocycles. The van der Waals surface area contributed by atoms with Gasteiger partial charge in [0.1, 0.15) is 0 Å². The van der Waals surface area contributed by atoms with E-state index in [9.17, 15) is 27.6 Å². The highest BCUT2D eigenvalue weighted by Gasteiger charge is 2.35. The molecule has 166 valence electrons. The largest absolute Gasteiger partial charge is 0.273 e. The maximum atomic E-state index is 12.5. The number of nitrogens with zero attached hydrogens (tertiary/aromatic N) is 1. The van der Waals surface area contributed by atoms with E-state index >= 15 is 0 Å². The number of hydrazine groups is 1. The predicted molar refractivity (Wildman–Crippen MR) is 114 cm³/mol. The topological polar surface area (TPSA) is 130 Å². The number of fused-ring (bicyclic) bond motifs is 1. The first kappa shape index (κ1) is 21.7. The van der Waals surface area contributed by atoms with E-state index in [1.165, 1.54) is 12.1 Å². The van der Waals surface area contributed by atoms with Crippen LogP contribution in [0.1, 0.15) is 49.5 Å². The van der Waals surface area contributed by atoms with E-state index in [0.717, 1.165) is 4.90 Å². The van der Waals surface area contributed by atoms with Crippen LogP contribution in [0.3, 0.4) is 0 Å². The van der Waals surface area contributed by atoms with Crippen LogP contribution in [-0.2, 0) is 21.2 Å². The van der Waals surface area contributed by atoms with Crippen molar-refractivity contribution in [3.8, 4) is 0 Å². The standard InChI is InChI=1S/C22H21N3O6S/c26-19(11-15-9-10-32(30,31)13-15)23-24-20(27)16-7-5-14(6-8-16)12-25-21(28)17-3-1-2-4-18(17)22(25)29/h1-8,15H,9-13H2,(H,23,26)(H,24,27)/t15-/m1/s1. The van der Waals surface area contributed by atoms with Crippen LogP contribution in [0.5, 0.6) is 0 Å². The van der Waals surface area contributed by atoms with Crippen LogP contribution in [0.15, 0.2) is 48.5 Å². The van der Waals surface area contributed by atoms with Crippen molar-refractivity contribution in [1.82, 2.24) is 15.8 Å². The summed E-state index contributed by atoms with van der Waals surface area (Å²) in [5.74, 6) is -1.87. The molecule has 1 atom stereocenters. The van der Waals surface area contributed by atoms with Gasteiger partial charge in [0.15, 0.2) is 9.84 Å². The van der Waals surface area contributed by atoms with Gasteiger partial charge in [-0.05, 0) is 42.2 Å². The second kappa shape index (κ2) is 8.54. The van der Waals surface area contributed by atoms with Crippen LogP contribution in [0.25, 0.3) is 0 Å². The summed E-state index contributed by atoms with van der Waals surface area (Å²) in [6.45, 7) is 0.0786. The molecule has 4 amide bonds. The van der Waals surface area contributed by atoms with Crippen molar-refractivity contribution in [3.63, 3.8) is 0 Å². The molecule has 0 saturated carbocycles. The number of rotatable bonds is 5. The van der Waals surface area contributed by atoms with Gasteiger partial charge < -0.3 is 0 Å².